The largest absolute Gasteiger partial charge is 0.377 e. The summed E-state index contributed by atoms with van der Waals surface area (Å²) < 4.78 is 9.62. The summed E-state index contributed by atoms with van der Waals surface area (Å²) in [6, 6.07) is 1.74. The second-order valence-electron chi connectivity index (χ2n) is 4.83. The Morgan fingerprint density at radius 3 is 3.37 bits per heavy atom. The van der Waals surface area contributed by atoms with Gasteiger partial charge in [-0.25, -0.2) is 0 Å². The minimum Gasteiger partial charge on any atom is -0.377 e. The SMILES string of the molecule is CC1CN(CCCNC(=O)c2ccsn2)CCCO1. The van der Waals surface area contributed by atoms with Crippen LogP contribution in [0.5, 0.6) is 0 Å². The monoisotopic (exact) mass is 283 g/mol. The number of aromatic nitrogens is 1. The molecule has 2 heterocycles. The summed E-state index contributed by atoms with van der Waals surface area (Å²) in [4.78, 5) is 14.1. The molecule has 1 fully saturated rings. The lowest BCUT2D eigenvalue weighted by Gasteiger charge is -2.21. The van der Waals surface area contributed by atoms with Gasteiger partial charge in [0.2, 0.25) is 0 Å². The molecule has 0 bridgehead atoms. The molecule has 1 N–H and O–H groups in total. The van der Waals surface area contributed by atoms with Crippen LogP contribution in [0.1, 0.15) is 30.3 Å². The predicted molar refractivity (Wildman–Crippen MR) is 75.5 cm³/mol. The molecule has 1 amide bonds. The third-order valence-corrected chi connectivity index (χ3v) is 3.70. The lowest BCUT2D eigenvalue weighted by Crippen LogP contribution is -2.33. The first-order valence-corrected chi connectivity index (χ1v) is 7.62. The molecular weight excluding hydrogens is 262 g/mol. The van der Waals surface area contributed by atoms with Crippen molar-refractivity contribution in [1.29, 1.82) is 0 Å². The second kappa shape index (κ2) is 7.57. The third-order valence-electron chi connectivity index (χ3n) is 3.14. The van der Waals surface area contributed by atoms with Gasteiger partial charge in [-0.1, -0.05) is 0 Å². The van der Waals surface area contributed by atoms with Gasteiger partial charge in [-0.05, 0) is 43.9 Å². The smallest absolute Gasteiger partial charge is 0.270 e. The van der Waals surface area contributed by atoms with Gasteiger partial charge in [-0.2, -0.15) is 4.37 Å². The van der Waals surface area contributed by atoms with E-state index in [1.807, 2.05) is 5.38 Å². The molecule has 2 rings (SSSR count). The Labute approximate surface area is 118 Å². The molecule has 1 aromatic heterocycles. The number of rotatable bonds is 5. The summed E-state index contributed by atoms with van der Waals surface area (Å²) in [6.07, 6.45) is 2.37. The van der Waals surface area contributed by atoms with E-state index in [2.05, 4.69) is 21.5 Å². The van der Waals surface area contributed by atoms with Gasteiger partial charge in [0.1, 0.15) is 5.69 Å². The fraction of sp³-hybridized carbons (Fsp3) is 0.692. The van der Waals surface area contributed by atoms with Crippen LogP contribution in [0.2, 0.25) is 0 Å². The quantitative estimate of drug-likeness (QED) is 0.829. The number of ether oxygens (including phenoxy) is 1. The van der Waals surface area contributed by atoms with Crippen molar-refractivity contribution in [3.63, 3.8) is 0 Å². The van der Waals surface area contributed by atoms with Crippen LogP contribution in [0, 0.1) is 0 Å². The molecule has 0 aromatic carbocycles. The van der Waals surface area contributed by atoms with Gasteiger partial charge in [0.25, 0.3) is 5.91 Å². The Kier molecular flexibility index (Phi) is 5.75. The minimum atomic E-state index is -0.0752. The van der Waals surface area contributed by atoms with Crippen LogP contribution in [0.25, 0.3) is 0 Å². The highest BCUT2D eigenvalue weighted by atomic mass is 32.1. The van der Waals surface area contributed by atoms with Crippen LogP contribution in [-0.4, -0.2) is 54.1 Å². The van der Waals surface area contributed by atoms with Crippen LogP contribution in [0.15, 0.2) is 11.4 Å². The highest BCUT2D eigenvalue weighted by molar-refractivity contribution is 7.03. The normalized spacial score (nSPS) is 21.0. The van der Waals surface area contributed by atoms with Crippen LogP contribution in [-0.2, 0) is 4.74 Å². The Morgan fingerprint density at radius 1 is 1.68 bits per heavy atom. The van der Waals surface area contributed by atoms with Crippen molar-refractivity contribution in [2.24, 2.45) is 0 Å². The Hall–Kier alpha value is -0.980. The van der Waals surface area contributed by atoms with E-state index >= 15 is 0 Å². The van der Waals surface area contributed by atoms with E-state index in [0.717, 1.165) is 39.1 Å². The van der Waals surface area contributed by atoms with Gasteiger partial charge in [0.15, 0.2) is 0 Å². The van der Waals surface area contributed by atoms with Gasteiger partial charge >= 0.3 is 0 Å². The molecule has 1 atom stereocenters. The molecule has 0 aliphatic carbocycles. The van der Waals surface area contributed by atoms with Gasteiger partial charge < -0.3 is 15.0 Å². The highest BCUT2D eigenvalue weighted by Crippen LogP contribution is 2.05. The van der Waals surface area contributed by atoms with Crippen molar-refractivity contribution in [2.45, 2.75) is 25.9 Å². The maximum absolute atomic E-state index is 11.7. The van der Waals surface area contributed by atoms with Crippen molar-refractivity contribution in [1.82, 2.24) is 14.6 Å². The Balaban J connectivity index is 1.62. The molecule has 19 heavy (non-hydrogen) atoms. The summed E-state index contributed by atoms with van der Waals surface area (Å²) in [7, 11) is 0. The first-order chi connectivity index (χ1) is 9.25. The number of carbonyl (C=O) groups excluding carboxylic acids is 1. The van der Waals surface area contributed by atoms with Gasteiger partial charge in [0, 0.05) is 31.6 Å². The molecule has 0 spiro atoms. The zero-order valence-electron chi connectivity index (χ0n) is 11.3. The van der Waals surface area contributed by atoms with Crippen molar-refractivity contribution in [3.8, 4) is 0 Å². The lowest BCUT2D eigenvalue weighted by molar-refractivity contribution is 0.0675. The molecule has 0 saturated carbocycles. The molecule has 1 aromatic rings. The van der Waals surface area contributed by atoms with Crippen molar-refractivity contribution in [3.05, 3.63) is 17.1 Å². The summed E-state index contributed by atoms with van der Waals surface area (Å²) >= 11 is 1.30. The first kappa shape index (κ1) is 14.4. The van der Waals surface area contributed by atoms with E-state index in [0.29, 0.717) is 18.3 Å². The van der Waals surface area contributed by atoms with E-state index < -0.39 is 0 Å². The van der Waals surface area contributed by atoms with Crippen LogP contribution in [0.4, 0.5) is 0 Å². The van der Waals surface area contributed by atoms with Gasteiger partial charge in [0.05, 0.1) is 6.10 Å². The van der Waals surface area contributed by atoms with E-state index in [9.17, 15) is 4.79 Å². The second-order valence-corrected chi connectivity index (χ2v) is 5.50. The summed E-state index contributed by atoms with van der Waals surface area (Å²) in [5.74, 6) is -0.0752. The van der Waals surface area contributed by atoms with Crippen LogP contribution < -0.4 is 5.32 Å². The van der Waals surface area contributed by atoms with Crippen LogP contribution >= 0.6 is 11.5 Å². The fourth-order valence-electron chi connectivity index (χ4n) is 2.21. The van der Waals surface area contributed by atoms with E-state index in [1.165, 1.54) is 11.5 Å². The summed E-state index contributed by atoms with van der Waals surface area (Å²) in [6.45, 7) is 6.75. The summed E-state index contributed by atoms with van der Waals surface area (Å²) in [5.41, 5.74) is 0.516. The first-order valence-electron chi connectivity index (χ1n) is 6.78. The standard InChI is InChI=1S/C13H21N3O2S/c1-11-10-16(7-3-8-18-11)6-2-5-14-13(17)12-4-9-19-15-12/h4,9,11H,2-3,5-8,10H2,1H3,(H,14,17). The van der Waals surface area contributed by atoms with Crippen molar-refractivity contribution in [2.75, 3.05) is 32.8 Å². The number of nitrogens with zero attached hydrogens (tertiary/aromatic N) is 2. The highest BCUT2D eigenvalue weighted by Gasteiger charge is 2.14. The number of nitrogens with one attached hydrogen (secondary N) is 1. The predicted octanol–water partition coefficient (Wildman–Crippen LogP) is 1.37. The van der Waals surface area contributed by atoms with E-state index in [4.69, 9.17) is 4.74 Å². The van der Waals surface area contributed by atoms with E-state index in [1.54, 1.807) is 6.07 Å². The maximum Gasteiger partial charge on any atom is 0.270 e. The molecule has 1 unspecified atom stereocenters. The fourth-order valence-corrected chi connectivity index (χ4v) is 2.72. The third kappa shape index (κ3) is 4.89. The van der Waals surface area contributed by atoms with Gasteiger partial charge in [-0.15, -0.1) is 0 Å². The molecule has 1 saturated heterocycles. The zero-order valence-corrected chi connectivity index (χ0v) is 12.1. The van der Waals surface area contributed by atoms with Crippen LogP contribution in [0.3, 0.4) is 0 Å². The molecular formula is C13H21N3O2S. The number of amides is 1. The minimum absolute atomic E-state index is 0.0752. The number of carbonyl (C=O) groups is 1. The average Bonchev–Trinajstić information content (AvgIpc) is 2.85. The Bertz CT molecular complexity index is 383. The summed E-state index contributed by atoms with van der Waals surface area (Å²) in [5, 5.41) is 4.71. The van der Waals surface area contributed by atoms with Gasteiger partial charge in [-0.3, -0.25) is 4.79 Å². The molecule has 106 valence electrons. The maximum atomic E-state index is 11.7. The molecule has 1 aliphatic heterocycles. The van der Waals surface area contributed by atoms with E-state index in [-0.39, 0.29) is 5.91 Å². The molecule has 0 radical (unpaired) electrons. The zero-order chi connectivity index (χ0) is 13.5. The Morgan fingerprint density at radius 2 is 2.58 bits per heavy atom. The lowest BCUT2D eigenvalue weighted by atomic mass is 10.3. The topological polar surface area (TPSA) is 54.5 Å². The number of hydrogen-bond donors (Lipinski definition) is 1. The molecule has 1 aliphatic rings. The average molecular weight is 283 g/mol. The molecule has 6 heteroatoms. The van der Waals surface area contributed by atoms with Crippen molar-refractivity contribution < 1.29 is 9.53 Å². The molecule has 5 nitrogen and oxygen atoms in total. The number of hydrogen-bond acceptors (Lipinski definition) is 5. The van der Waals surface area contributed by atoms with Crippen molar-refractivity contribution >= 4 is 17.4 Å².